The van der Waals surface area contributed by atoms with E-state index in [1.807, 2.05) is 0 Å². The van der Waals surface area contributed by atoms with Gasteiger partial charge in [0.1, 0.15) is 59.5 Å². The summed E-state index contributed by atoms with van der Waals surface area (Å²) in [7, 11) is 0. The number of esters is 4. The number of hydrogen-bond donors (Lipinski definition) is 0. The molecule has 2 aromatic heterocycles. The summed E-state index contributed by atoms with van der Waals surface area (Å²) >= 11 is 0. The van der Waals surface area contributed by atoms with Gasteiger partial charge in [0.2, 0.25) is 0 Å². The van der Waals surface area contributed by atoms with E-state index in [9.17, 15) is 19.2 Å². The molecule has 0 bridgehead atoms. The van der Waals surface area contributed by atoms with Crippen LogP contribution < -0.4 is 0 Å². The second-order valence-electron chi connectivity index (χ2n) is 7.92. The van der Waals surface area contributed by atoms with E-state index in [0.29, 0.717) is 24.4 Å². The van der Waals surface area contributed by atoms with Crippen LogP contribution in [0.15, 0.2) is 44.2 Å². The van der Waals surface area contributed by atoms with Crippen LogP contribution in [-0.2, 0) is 51.3 Å². The van der Waals surface area contributed by atoms with Crippen molar-refractivity contribution >= 4 is 36.0 Å². The van der Waals surface area contributed by atoms with E-state index in [2.05, 4.69) is 0 Å². The molecule has 0 fully saturated rings. The Labute approximate surface area is 230 Å². The Hall–Kier alpha value is -5.10. The van der Waals surface area contributed by atoms with Crippen molar-refractivity contribution in [2.45, 2.75) is 52.7 Å². The van der Waals surface area contributed by atoms with Gasteiger partial charge >= 0.3 is 23.9 Å². The molecule has 210 valence electrons. The van der Waals surface area contributed by atoms with Crippen molar-refractivity contribution < 1.29 is 47.0 Å². The van der Waals surface area contributed by atoms with Crippen molar-refractivity contribution in [3.05, 3.63) is 58.5 Å². The van der Waals surface area contributed by atoms with Crippen LogP contribution in [0.2, 0.25) is 0 Å². The van der Waals surface area contributed by atoms with Gasteiger partial charge in [-0.25, -0.2) is 9.59 Å². The lowest BCUT2D eigenvalue weighted by Crippen LogP contribution is -2.06. The third kappa shape index (κ3) is 10.7. The Morgan fingerprint density at radius 3 is 1.45 bits per heavy atom. The number of carbonyl (C=O) groups excluding carboxylic acids is 4. The minimum absolute atomic E-state index is 0.0811. The number of ether oxygens (including phenoxy) is 4. The monoisotopic (exact) mass is 552 g/mol. The van der Waals surface area contributed by atoms with Crippen LogP contribution in [0.4, 0.5) is 0 Å². The maximum atomic E-state index is 12.0. The summed E-state index contributed by atoms with van der Waals surface area (Å²) in [5, 5.41) is 18.1. The van der Waals surface area contributed by atoms with Crippen LogP contribution in [0, 0.1) is 22.7 Å². The van der Waals surface area contributed by atoms with E-state index in [1.54, 1.807) is 38.1 Å². The molecule has 0 aromatic carbocycles. The highest BCUT2D eigenvalue weighted by Crippen LogP contribution is 2.16. The van der Waals surface area contributed by atoms with Gasteiger partial charge in [-0.3, -0.25) is 9.59 Å². The first kappa shape index (κ1) is 31.1. The van der Waals surface area contributed by atoms with Crippen molar-refractivity contribution in [3.8, 4) is 12.1 Å². The quantitative estimate of drug-likeness (QED) is 0.101. The Balaban J connectivity index is 1.67. The summed E-state index contributed by atoms with van der Waals surface area (Å²) in [5.41, 5.74) is -0.436. The van der Waals surface area contributed by atoms with E-state index in [1.165, 1.54) is 24.3 Å². The molecule has 0 aliphatic rings. The zero-order chi connectivity index (χ0) is 29.3. The van der Waals surface area contributed by atoms with Crippen molar-refractivity contribution in [2.24, 2.45) is 0 Å². The van der Waals surface area contributed by atoms with Gasteiger partial charge < -0.3 is 27.8 Å². The smallest absolute Gasteiger partial charge is 0.349 e. The molecular weight excluding hydrogens is 524 g/mol. The summed E-state index contributed by atoms with van der Waals surface area (Å²) in [4.78, 5) is 47.3. The molecule has 0 unspecified atom stereocenters. The van der Waals surface area contributed by atoms with Crippen molar-refractivity contribution in [1.82, 2.24) is 0 Å². The molecule has 0 saturated heterocycles. The number of furan rings is 2. The SMILES string of the molecule is CCOC(=O)/C(C#N)=C/c1ccc(COC(=O)CCCCC(=O)OCc2ccc(/C=C(\C#N)C(=O)OCC)o2)o1. The predicted octanol–water partition coefficient (Wildman–Crippen LogP) is 4.16. The Morgan fingerprint density at radius 2 is 1.10 bits per heavy atom. The largest absolute Gasteiger partial charge is 0.462 e. The fourth-order valence-electron chi connectivity index (χ4n) is 3.06. The second-order valence-corrected chi connectivity index (χ2v) is 7.92. The number of nitriles is 2. The van der Waals surface area contributed by atoms with Crippen LogP contribution in [-0.4, -0.2) is 37.1 Å². The minimum atomic E-state index is -0.760. The van der Waals surface area contributed by atoms with Crippen LogP contribution >= 0.6 is 0 Å². The third-order valence-corrected chi connectivity index (χ3v) is 4.93. The maximum Gasteiger partial charge on any atom is 0.349 e. The Kier molecular flexibility index (Phi) is 13.0. The lowest BCUT2D eigenvalue weighted by molar-refractivity contribution is -0.147. The first-order chi connectivity index (χ1) is 19.3. The van der Waals surface area contributed by atoms with E-state index >= 15 is 0 Å². The Bertz CT molecular complexity index is 1230. The van der Waals surface area contributed by atoms with E-state index in [-0.39, 0.29) is 61.9 Å². The predicted molar refractivity (Wildman–Crippen MR) is 136 cm³/mol. The van der Waals surface area contributed by atoms with E-state index in [0.717, 1.165) is 0 Å². The normalized spacial score (nSPS) is 11.2. The molecule has 0 spiro atoms. The molecule has 0 aliphatic carbocycles. The zero-order valence-corrected chi connectivity index (χ0v) is 22.1. The van der Waals surface area contributed by atoms with Crippen LogP contribution in [0.5, 0.6) is 0 Å². The maximum absolute atomic E-state index is 12.0. The molecule has 2 rings (SSSR count). The van der Waals surface area contributed by atoms with Gasteiger partial charge in [0.15, 0.2) is 0 Å². The minimum Gasteiger partial charge on any atom is -0.462 e. The third-order valence-electron chi connectivity index (χ3n) is 4.93. The molecule has 40 heavy (non-hydrogen) atoms. The van der Waals surface area contributed by atoms with Gasteiger partial charge in [-0.15, -0.1) is 0 Å². The molecule has 0 amide bonds. The molecular formula is C28H28N2O10. The van der Waals surface area contributed by atoms with Crippen molar-refractivity contribution in [1.29, 1.82) is 10.5 Å². The number of hydrogen-bond acceptors (Lipinski definition) is 12. The molecule has 0 radical (unpaired) electrons. The van der Waals surface area contributed by atoms with Crippen LogP contribution in [0.3, 0.4) is 0 Å². The summed E-state index contributed by atoms with van der Waals surface area (Å²) in [5.74, 6) is -1.37. The molecule has 12 nitrogen and oxygen atoms in total. The lowest BCUT2D eigenvalue weighted by Gasteiger charge is -2.04. The van der Waals surface area contributed by atoms with Gasteiger partial charge in [-0.1, -0.05) is 0 Å². The molecule has 0 saturated carbocycles. The number of nitrogens with zero attached hydrogens (tertiary/aromatic N) is 2. The average Bonchev–Trinajstić information content (AvgIpc) is 3.59. The number of unbranched alkanes of at least 4 members (excludes halogenated alkanes) is 1. The van der Waals surface area contributed by atoms with Gasteiger partial charge in [0.25, 0.3) is 0 Å². The summed E-state index contributed by atoms with van der Waals surface area (Å²) in [6.45, 7) is 3.25. The summed E-state index contributed by atoms with van der Waals surface area (Å²) in [6, 6.07) is 9.64. The molecule has 0 aliphatic heterocycles. The van der Waals surface area contributed by atoms with Gasteiger partial charge in [0.05, 0.1) is 13.2 Å². The Morgan fingerprint density at radius 1 is 0.700 bits per heavy atom. The van der Waals surface area contributed by atoms with Crippen LogP contribution in [0.25, 0.3) is 12.2 Å². The van der Waals surface area contributed by atoms with Crippen molar-refractivity contribution in [2.75, 3.05) is 13.2 Å². The van der Waals surface area contributed by atoms with Gasteiger partial charge in [-0.2, -0.15) is 10.5 Å². The average molecular weight is 553 g/mol. The molecule has 12 heteroatoms. The van der Waals surface area contributed by atoms with E-state index in [4.69, 9.17) is 38.3 Å². The molecule has 0 atom stereocenters. The van der Waals surface area contributed by atoms with E-state index < -0.39 is 23.9 Å². The molecule has 2 heterocycles. The topological polar surface area (TPSA) is 179 Å². The second kappa shape index (κ2) is 16.7. The van der Waals surface area contributed by atoms with Gasteiger partial charge in [-0.05, 0) is 51.0 Å². The van der Waals surface area contributed by atoms with Crippen molar-refractivity contribution in [3.63, 3.8) is 0 Å². The number of carbonyl (C=O) groups is 4. The molecule has 2 aromatic rings. The standard InChI is InChI=1S/C28H28N2O10/c1-3-35-27(33)19(15-29)13-21-9-11-23(39-21)17-37-25(31)7-5-6-8-26(32)38-18-24-12-10-22(40-24)14-20(16-30)28(34)36-4-2/h9-14H,3-8,17-18H2,1-2H3/b19-13+,20-14+. The first-order valence-corrected chi connectivity index (χ1v) is 12.4. The number of rotatable bonds is 15. The van der Waals surface area contributed by atoms with Crippen LogP contribution in [0.1, 0.15) is 62.6 Å². The fraction of sp³-hybridized carbons (Fsp3) is 0.357. The lowest BCUT2D eigenvalue weighted by atomic mass is 10.2. The highest BCUT2D eigenvalue weighted by Gasteiger charge is 2.14. The zero-order valence-electron chi connectivity index (χ0n) is 22.1. The molecule has 0 N–H and O–H groups in total. The van der Waals surface area contributed by atoms with Gasteiger partial charge in [0, 0.05) is 25.0 Å². The first-order valence-electron chi connectivity index (χ1n) is 12.4. The summed E-state index contributed by atoms with van der Waals surface area (Å²) < 4.78 is 30.7. The fourth-order valence-corrected chi connectivity index (χ4v) is 3.06. The summed E-state index contributed by atoms with van der Waals surface area (Å²) in [6.07, 6.45) is 3.43. The highest BCUT2D eigenvalue weighted by atomic mass is 16.5. The highest BCUT2D eigenvalue weighted by molar-refractivity contribution is 5.98.